The Morgan fingerprint density at radius 1 is 1.46 bits per heavy atom. The Kier molecular flexibility index (Phi) is 2.37. The first kappa shape index (κ1) is 9.13. The first-order valence-electron chi connectivity index (χ1n) is 4.71. The van der Waals surface area contributed by atoms with E-state index < -0.39 is 0 Å². The van der Waals surface area contributed by atoms with Crippen LogP contribution in [0.15, 0.2) is 10.8 Å². The van der Waals surface area contributed by atoms with Crippen molar-refractivity contribution in [2.24, 2.45) is 0 Å². The van der Waals surface area contributed by atoms with Crippen LogP contribution < -0.4 is 0 Å². The van der Waals surface area contributed by atoms with Crippen molar-refractivity contribution >= 4 is 15.9 Å². The maximum Gasteiger partial charge on any atom is 0.132 e. The minimum atomic E-state index is 0.407. The molecule has 0 amide bonds. The van der Waals surface area contributed by atoms with Crippen molar-refractivity contribution < 1.29 is 0 Å². The molecule has 0 unspecified atom stereocenters. The van der Waals surface area contributed by atoms with E-state index >= 15 is 0 Å². The van der Waals surface area contributed by atoms with Crippen molar-refractivity contribution in [2.45, 2.75) is 38.5 Å². The zero-order chi connectivity index (χ0) is 9.42. The van der Waals surface area contributed by atoms with Gasteiger partial charge in [0.1, 0.15) is 10.4 Å². The fourth-order valence-corrected chi connectivity index (χ4v) is 1.94. The molecule has 1 aromatic rings. The molecule has 2 rings (SSSR count). The van der Waals surface area contributed by atoms with Crippen LogP contribution in [0.3, 0.4) is 0 Å². The molecule has 0 N–H and O–H groups in total. The van der Waals surface area contributed by atoms with Crippen LogP contribution in [-0.4, -0.2) is 9.97 Å². The van der Waals surface area contributed by atoms with E-state index in [2.05, 4.69) is 39.7 Å². The second kappa shape index (κ2) is 3.37. The van der Waals surface area contributed by atoms with E-state index in [0.717, 1.165) is 16.3 Å². The lowest BCUT2D eigenvalue weighted by atomic mass is 10.2. The lowest BCUT2D eigenvalue weighted by Crippen LogP contribution is -1.99. The number of rotatable bonds is 2. The number of nitrogens with zero attached hydrogens (tertiary/aromatic N) is 2. The largest absolute Gasteiger partial charge is 0.241 e. The van der Waals surface area contributed by atoms with Gasteiger partial charge in [-0.3, -0.25) is 0 Å². The average Bonchev–Trinajstić information content (AvgIpc) is 2.87. The van der Waals surface area contributed by atoms with E-state index in [1.807, 2.05) is 6.20 Å². The van der Waals surface area contributed by atoms with Crippen molar-refractivity contribution in [3.05, 3.63) is 22.2 Å². The smallest absolute Gasteiger partial charge is 0.132 e. The summed E-state index contributed by atoms with van der Waals surface area (Å²) in [6.07, 6.45) is 4.57. The SMILES string of the molecule is CC(C)c1ncc(C2CC2)c(Br)n1. The number of aromatic nitrogens is 2. The lowest BCUT2D eigenvalue weighted by molar-refractivity contribution is 0.761. The van der Waals surface area contributed by atoms with Crippen LogP contribution in [0.25, 0.3) is 0 Å². The summed E-state index contributed by atoms with van der Waals surface area (Å²) in [5.74, 6) is 2.05. The van der Waals surface area contributed by atoms with Crippen LogP contribution in [0, 0.1) is 0 Å². The van der Waals surface area contributed by atoms with Gasteiger partial charge in [0.2, 0.25) is 0 Å². The summed E-state index contributed by atoms with van der Waals surface area (Å²) in [4.78, 5) is 8.80. The molecule has 0 radical (unpaired) electrons. The summed E-state index contributed by atoms with van der Waals surface area (Å²) >= 11 is 3.50. The van der Waals surface area contributed by atoms with Gasteiger partial charge in [0.15, 0.2) is 0 Å². The van der Waals surface area contributed by atoms with E-state index in [-0.39, 0.29) is 0 Å². The molecular weight excluding hydrogens is 228 g/mol. The van der Waals surface area contributed by atoms with E-state index in [1.165, 1.54) is 18.4 Å². The highest BCUT2D eigenvalue weighted by molar-refractivity contribution is 9.10. The van der Waals surface area contributed by atoms with Crippen molar-refractivity contribution in [2.75, 3.05) is 0 Å². The van der Waals surface area contributed by atoms with E-state index in [9.17, 15) is 0 Å². The summed E-state index contributed by atoms with van der Waals surface area (Å²) in [7, 11) is 0. The normalized spacial score (nSPS) is 16.6. The van der Waals surface area contributed by atoms with Crippen LogP contribution in [0.5, 0.6) is 0 Å². The predicted octanol–water partition coefficient (Wildman–Crippen LogP) is 3.24. The molecule has 3 heteroatoms. The molecule has 0 aliphatic heterocycles. The molecule has 70 valence electrons. The van der Waals surface area contributed by atoms with Crippen molar-refractivity contribution in [3.63, 3.8) is 0 Å². The first-order chi connectivity index (χ1) is 6.18. The van der Waals surface area contributed by atoms with Crippen molar-refractivity contribution in [1.29, 1.82) is 0 Å². The topological polar surface area (TPSA) is 25.8 Å². The summed E-state index contributed by atoms with van der Waals surface area (Å²) in [6.45, 7) is 4.22. The van der Waals surface area contributed by atoms with Gasteiger partial charge >= 0.3 is 0 Å². The molecule has 1 aliphatic rings. The number of hydrogen-bond acceptors (Lipinski definition) is 2. The molecule has 1 saturated carbocycles. The van der Waals surface area contributed by atoms with Crippen LogP contribution in [0.1, 0.15) is 49.9 Å². The third kappa shape index (κ3) is 1.90. The number of halogens is 1. The molecule has 0 spiro atoms. The highest BCUT2D eigenvalue weighted by Gasteiger charge is 2.26. The van der Waals surface area contributed by atoms with Crippen molar-refractivity contribution in [3.8, 4) is 0 Å². The predicted molar refractivity (Wildman–Crippen MR) is 55.8 cm³/mol. The summed E-state index contributed by atoms with van der Waals surface area (Å²) in [5.41, 5.74) is 1.28. The number of hydrogen-bond donors (Lipinski definition) is 0. The molecule has 0 atom stereocenters. The van der Waals surface area contributed by atoms with Gasteiger partial charge in [0.25, 0.3) is 0 Å². The highest BCUT2D eigenvalue weighted by Crippen LogP contribution is 2.42. The Morgan fingerprint density at radius 3 is 2.62 bits per heavy atom. The van der Waals surface area contributed by atoms with Gasteiger partial charge in [-0.15, -0.1) is 0 Å². The van der Waals surface area contributed by atoms with Gasteiger partial charge in [0.05, 0.1) is 0 Å². The lowest BCUT2D eigenvalue weighted by Gasteiger charge is -2.06. The fourth-order valence-electron chi connectivity index (χ4n) is 1.33. The van der Waals surface area contributed by atoms with Crippen LogP contribution in [0.2, 0.25) is 0 Å². The molecule has 13 heavy (non-hydrogen) atoms. The Morgan fingerprint density at radius 2 is 2.15 bits per heavy atom. The van der Waals surface area contributed by atoms with E-state index in [1.54, 1.807) is 0 Å². The Labute approximate surface area is 86.9 Å². The van der Waals surface area contributed by atoms with Crippen LogP contribution >= 0.6 is 15.9 Å². The molecule has 2 nitrogen and oxygen atoms in total. The Bertz CT molecular complexity index is 319. The second-order valence-electron chi connectivity index (χ2n) is 3.90. The summed E-state index contributed by atoms with van der Waals surface area (Å²) in [5, 5.41) is 0. The Hall–Kier alpha value is -0.440. The van der Waals surface area contributed by atoms with Crippen molar-refractivity contribution in [1.82, 2.24) is 9.97 Å². The van der Waals surface area contributed by atoms with E-state index in [4.69, 9.17) is 0 Å². The Balaban J connectivity index is 2.31. The van der Waals surface area contributed by atoms with Crippen LogP contribution in [-0.2, 0) is 0 Å². The van der Waals surface area contributed by atoms with E-state index in [0.29, 0.717) is 5.92 Å². The van der Waals surface area contributed by atoms with Gasteiger partial charge in [-0.2, -0.15) is 0 Å². The maximum absolute atomic E-state index is 4.44. The third-order valence-corrected chi connectivity index (χ3v) is 2.96. The molecule has 0 saturated heterocycles. The van der Waals surface area contributed by atoms with Gasteiger partial charge in [-0.25, -0.2) is 9.97 Å². The summed E-state index contributed by atoms with van der Waals surface area (Å²) in [6, 6.07) is 0. The van der Waals surface area contributed by atoms with Crippen LogP contribution in [0.4, 0.5) is 0 Å². The zero-order valence-corrected chi connectivity index (χ0v) is 9.50. The molecule has 0 bridgehead atoms. The zero-order valence-electron chi connectivity index (χ0n) is 7.92. The molecule has 0 aromatic carbocycles. The van der Waals surface area contributed by atoms with Gasteiger partial charge < -0.3 is 0 Å². The van der Waals surface area contributed by atoms with Gasteiger partial charge in [0, 0.05) is 17.7 Å². The molecule has 1 heterocycles. The molecule has 1 aromatic heterocycles. The minimum Gasteiger partial charge on any atom is -0.241 e. The third-order valence-electron chi connectivity index (χ3n) is 2.32. The average molecular weight is 241 g/mol. The monoisotopic (exact) mass is 240 g/mol. The van der Waals surface area contributed by atoms with Gasteiger partial charge in [-0.1, -0.05) is 13.8 Å². The second-order valence-corrected chi connectivity index (χ2v) is 4.65. The first-order valence-corrected chi connectivity index (χ1v) is 5.50. The fraction of sp³-hybridized carbons (Fsp3) is 0.600. The molecular formula is C10H13BrN2. The molecule has 1 fully saturated rings. The maximum atomic E-state index is 4.44. The highest BCUT2D eigenvalue weighted by atomic mass is 79.9. The molecule has 1 aliphatic carbocycles. The minimum absolute atomic E-state index is 0.407. The quantitative estimate of drug-likeness (QED) is 0.743. The van der Waals surface area contributed by atoms with Gasteiger partial charge in [-0.05, 0) is 34.7 Å². The summed E-state index contributed by atoms with van der Waals surface area (Å²) < 4.78 is 0.994. The standard InChI is InChI=1S/C10H13BrN2/c1-6(2)10-12-5-8(7-3-4-7)9(11)13-10/h5-7H,3-4H2,1-2H3.